The van der Waals surface area contributed by atoms with Crippen molar-refractivity contribution in [3.05, 3.63) is 28.8 Å². The van der Waals surface area contributed by atoms with E-state index in [9.17, 15) is 13.7 Å². The molecule has 0 unspecified atom stereocenters. The van der Waals surface area contributed by atoms with Crippen LogP contribution < -0.4 is 4.72 Å². The molecule has 1 N–H and O–H groups in total. The Labute approximate surface area is 128 Å². The smallest absolute Gasteiger partial charge is 0.274 e. The van der Waals surface area contributed by atoms with Crippen molar-refractivity contribution in [2.75, 3.05) is 4.72 Å². The van der Waals surface area contributed by atoms with Crippen LogP contribution in [0.2, 0.25) is 0 Å². The summed E-state index contributed by atoms with van der Waals surface area (Å²) in [5.41, 5.74) is 0.969. The third kappa shape index (κ3) is 3.09. The minimum absolute atomic E-state index is 0.0698. The molecule has 0 spiro atoms. The molecule has 0 aromatic carbocycles. The highest BCUT2D eigenvalue weighted by atomic mass is 32.2. The molecular weight excluding hydrogens is 308 g/mol. The average Bonchev–Trinajstić information content (AvgIpc) is 2.94. The Morgan fingerprint density at radius 3 is 2.57 bits per heavy atom. The fraction of sp³-hybridized carbons (Fsp3) is 0.385. The first-order valence-electron chi connectivity index (χ1n) is 6.19. The Kier molecular flexibility index (Phi) is 3.82. The molecule has 2 aromatic rings. The normalized spacial score (nSPS) is 12.1. The van der Waals surface area contributed by atoms with Crippen molar-refractivity contribution in [2.24, 2.45) is 7.05 Å². The predicted octanol–water partition coefficient (Wildman–Crippen LogP) is 2.45. The van der Waals surface area contributed by atoms with Crippen molar-refractivity contribution in [3.8, 4) is 6.07 Å². The molecule has 2 rings (SSSR count). The molecule has 0 aliphatic heterocycles. The molecule has 0 amide bonds. The Bertz CT molecular complexity index is 804. The fourth-order valence-corrected chi connectivity index (χ4v) is 4.24. The molecule has 0 atom stereocenters. The first-order chi connectivity index (χ1) is 9.65. The zero-order valence-corrected chi connectivity index (χ0v) is 13.8. The topological polar surface area (TPSA) is 87.8 Å². The molecule has 2 heterocycles. The lowest BCUT2D eigenvalue weighted by Gasteiger charge is -2.17. The van der Waals surface area contributed by atoms with Gasteiger partial charge in [0, 0.05) is 13.2 Å². The number of nitrogens with one attached hydrogen (secondary N) is 1. The van der Waals surface area contributed by atoms with Gasteiger partial charge in [-0.15, -0.1) is 11.3 Å². The summed E-state index contributed by atoms with van der Waals surface area (Å²) in [7, 11) is -2.14. The Hall–Kier alpha value is -1.85. The number of aromatic nitrogens is 2. The van der Waals surface area contributed by atoms with E-state index in [1.54, 1.807) is 13.2 Å². The van der Waals surface area contributed by atoms with Gasteiger partial charge < -0.3 is 0 Å². The van der Waals surface area contributed by atoms with Gasteiger partial charge in [-0.1, -0.05) is 20.8 Å². The quantitative estimate of drug-likeness (QED) is 0.939. The van der Waals surface area contributed by atoms with Gasteiger partial charge in [0.1, 0.15) is 11.1 Å². The van der Waals surface area contributed by atoms with Crippen molar-refractivity contribution in [3.63, 3.8) is 0 Å². The SMILES string of the molecule is Cn1ccc(S(=O)(=O)Nc2scc(C(C)(C)C)c2C#N)n1. The lowest BCUT2D eigenvalue weighted by Crippen LogP contribution is -2.15. The van der Waals surface area contributed by atoms with E-state index in [-0.39, 0.29) is 10.4 Å². The summed E-state index contributed by atoms with van der Waals surface area (Å²) < 4.78 is 28.4. The van der Waals surface area contributed by atoms with Crippen molar-refractivity contribution >= 4 is 26.4 Å². The van der Waals surface area contributed by atoms with Crippen LogP contribution in [0.5, 0.6) is 0 Å². The average molecular weight is 324 g/mol. The summed E-state index contributed by atoms with van der Waals surface area (Å²) in [5.74, 6) is 0. The van der Waals surface area contributed by atoms with E-state index in [0.717, 1.165) is 5.56 Å². The Morgan fingerprint density at radius 2 is 2.10 bits per heavy atom. The lowest BCUT2D eigenvalue weighted by molar-refractivity contribution is 0.589. The molecule has 6 nitrogen and oxygen atoms in total. The molecule has 0 saturated heterocycles. The molecule has 0 aliphatic carbocycles. The highest BCUT2D eigenvalue weighted by Crippen LogP contribution is 2.36. The molecule has 0 radical (unpaired) electrons. The van der Waals surface area contributed by atoms with E-state index < -0.39 is 10.0 Å². The van der Waals surface area contributed by atoms with Gasteiger partial charge in [0.15, 0.2) is 5.03 Å². The van der Waals surface area contributed by atoms with Crippen molar-refractivity contribution < 1.29 is 8.42 Å². The number of thiophene rings is 1. The number of aryl methyl sites for hydroxylation is 1. The second-order valence-corrected chi connectivity index (χ2v) is 8.16. The third-order valence-electron chi connectivity index (χ3n) is 2.90. The largest absolute Gasteiger partial charge is 0.281 e. The van der Waals surface area contributed by atoms with Crippen molar-refractivity contribution in [1.82, 2.24) is 9.78 Å². The van der Waals surface area contributed by atoms with Crippen LogP contribution in [0.1, 0.15) is 31.9 Å². The summed E-state index contributed by atoms with van der Waals surface area (Å²) in [6.07, 6.45) is 1.55. The second kappa shape index (κ2) is 5.16. The van der Waals surface area contributed by atoms with E-state index in [1.165, 1.54) is 22.1 Å². The van der Waals surface area contributed by atoms with Crippen LogP contribution in [0.15, 0.2) is 22.7 Å². The first-order valence-corrected chi connectivity index (χ1v) is 8.56. The number of hydrogen-bond donors (Lipinski definition) is 1. The van der Waals surface area contributed by atoms with Crippen LogP contribution >= 0.6 is 11.3 Å². The number of rotatable bonds is 3. The number of nitriles is 1. The van der Waals surface area contributed by atoms with E-state index in [2.05, 4.69) is 15.9 Å². The van der Waals surface area contributed by atoms with Gasteiger partial charge >= 0.3 is 0 Å². The van der Waals surface area contributed by atoms with Gasteiger partial charge in [-0.25, -0.2) is 0 Å². The summed E-state index contributed by atoms with van der Waals surface area (Å²) in [6.45, 7) is 5.94. The zero-order chi connectivity index (χ0) is 15.8. The van der Waals surface area contributed by atoms with Crippen LogP contribution in [0, 0.1) is 11.3 Å². The number of anilines is 1. The molecule has 21 heavy (non-hydrogen) atoms. The van der Waals surface area contributed by atoms with Crippen LogP contribution in [-0.4, -0.2) is 18.2 Å². The molecule has 0 saturated carbocycles. The van der Waals surface area contributed by atoms with Gasteiger partial charge in [0.05, 0.1) is 5.56 Å². The highest BCUT2D eigenvalue weighted by molar-refractivity contribution is 7.92. The second-order valence-electron chi connectivity index (χ2n) is 5.65. The lowest BCUT2D eigenvalue weighted by atomic mass is 9.86. The molecule has 2 aromatic heterocycles. The van der Waals surface area contributed by atoms with Crippen LogP contribution in [0.25, 0.3) is 0 Å². The van der Waals surface area contributed by atoms with Crippen LogP contribution in [-0.2, 0) is 22.5 Å². The Balaban J connectivity index is 2.42. The third-order valence-corrected chi connectivity index (χ3v) is 5.17. The minimum atomic E-state index is -3.78. The number of nitrogens with zero attached hydrogens (tertiary/aromatic N) is 3. The fourth-order valence-electron chi connectivity index (χ4n) is 1.81. The molecule has 0 fully saturated rings. The van der Waals surface area contributed by atoms with E-state index in [0.29, 0.717) is 10.6 Å². The van der Waals surface area contributed by atoms with Crippen molar-refractivity contribution in [1.29, 1.82) is 5.26 Å². The number of hydrogen-bond acceptors (Lipinski definition) is 5. The predicted molar refractivity (Wildman–Crippen MR) is 81.8 cm³/mol. The standard InChI is InChI=1S/C13H16N4O2S2/c1-13(2,3)10-8-20-12(9(10)7-14)16-21(18,19)11-5-6-17(4)15-11/h5-6,8,16H,1-4H3. The number of sulfonamides is 1. The maximum absolute atomic E-state index is 12.3. The van der Waals surface area contributed by atoms with Gasteiger partial charge in [-0.3, -0.25) is 9.40 Å². The van der Waals surface area contributed by atoms with Crippen molar-refractivity contribution in [2.45, 2.75) is 31.2 Å². The molecule has 8 heteroatoms. The first kappa shape index (κ1) is 15.5. The monoisotopic (exact) mass is 324 g/mol. The van der Waals surface area contributed by atoms with E-state index in [4.69, 9.17) is 0 Å². The van der Waals surface area contributed by atoms with Gasteiger partial charge in [-0.2, -0.15) is 18.8 Å². The van der Waals surface area contributed by atoms with E-state index >= 15 is 0 Å². The highest BCUT2D eigenvalue weighted by Gasteiger charge is 2.26. The summed E-state index contributed by atoms with van der Waals surface area (Å²) in [5, 5.41) is 15.3. The van der Waals surface area contributed by atoms with Gasteiger partial charge in [0.25, 0.3) is 10.0 Å². The summed E-state index contributed by atoms with van der Waals surface area (Å²) in [6, 6.07) is 3.50. The molecule has 0 aliphatic rings. The maximum atomic E-state index is 12.3. The van der Waals surface area contributed by atoms with Crippen LogP contribution in [0.4, 0.5) is 5.00 Å². The molecular formula is C13H16N4O2S2. The summed E-state index contributed by atoms with van der Waals surface area (Å²) in [4.78, 5) is 0. The maximum Gasteiger partial charge on any atom is 0.281 e. The van der Waals surface area contributed by atoms with Gasteiger partial charge in [0.2, 0.25) is 0 Å². The minimum Gasteiger partial charge on any atom is -0.274 e. The van der Waals surface area contributed by atoms with Crippen LogP contribution in [0.3, 0.4) is 0 Å². The molecule has 112 valence electrons. The van der Waals surface area contributed by atoms with Gasteiger partial charge in [-0.05, 0) is 22.4 Å². The molecule has 0 bridgehead atoms. The Morgan fingerprint density at radius 1 is 1.43 bits per heavy atom. The van der Waals surface area contributed by atoms with E-state index in [1.807, 2.05) is 26.2 Å². The zero-order valence-electron chi connectivity index (χ0n) is 12.2. The summed E-state index contributed by atoms with van der Waals surface area (Å²) >= 11 is 1.21.